The highest BCUT2D eigenvalue weighted by atomic mass is 15.3. The minimum absolute atomic E-state index is 0.128. The molecule has 5 nitrogen and oxygen atoms in total. The highest BCUT2D eigenvalue weighted by Gasteiger charge is 2.19. The number of hydrogen-bond acceptors (Lipinski definition) is 3. The van der Waals surface area contributed by atoms with Crippen molar-refractivity contribution in [3.8, 4) is 0 Å². The molecule has 2 aromatic rings. The standard InChI is InChI=1S/C12H19N5/c1-5-17-11(8-9(2)15-17)12(13-3)10-6-7-14-16(10)4/h6-8,12-13H,5H2,1-4H3. The van der Waals surface area contributed by atoms with Crippen LogP contribution < -0.4 is 5.32 Å². The number of nitrogens with zero attached hydrogens (tertiary/aromatic N) is 4. The summed E-state index contributed by atoms with van der Waals surface area (Å²) in [5.74, 6) is 0. The second-order valence-corrected chi connectivity index (χ2v) is 4.13. The van der Waals surface area contributed by atoms with E-state index >= 15 is 0 Å². The van der Waals surface area contributed by atoms with Gasteiger partial charge in [0.05, 0.1) is 23.1 Å². The third kappa shape index (κ3) is 2.10. The zero-order valence-electron chi connectivity index (χ0n) is 10.8. The number of rotatable bonds is 4. The van der Waals surface area contributed by atoms with E-state index in [0.717, 1.165) is 17.9 Å². The van der Waals surface area contributed by atoms with Crippen LogP contribution in [0.5, 0.6) is 0 Å². The predicted molar refractivity (Wildman–Crippen MR) is 66.7 cm³/mol. The van der Waals surface area contributed by atoms with Crippen molar-refractivity contribution in [1.82, 2.24) is 24.9 Å². The lowest BCUT2D eigenvalue weighted by molar-refractivity contribution is 0.534. The average molecular weight is 233 g/mol. The van der Waals surface area contributed by atoms with E-state index in [2.05, 4.69) is 28.5 Å². The van der Waals surface area contributed by atoms with Gasteiger partial charge in [-0.25, -0.2) is 0 Å². The number of aromatic nitrogens is 4. The molecule has 0 aliphatic carbocycles. The molecule has 5 heteroatoms. The Kier molecular flexibility index (Phi) is 3.28. The molecule has 0 bridgehead atoms. The zero-order chi connectivity index (χ0) is 12.4. The molecule has 17 heavy (non-hydrogen) atoms. The fourth-order valence-corrected chi connectivity index (χ4v) is 2.17. The molecule has 0 aromatic carbocycles. The molecule has 92 valence electrons. The van der Waals surface area contributed by atoms with Gasteiger partial charge < -0.3 is 5.32 Å². The molecule has 0 spiro atoms. The molecule has 0 aliphatic rings. The summed E-state index contributed by atoms with van der Waals surface area (Å²) in [6.07, 6.45) is 1.82. The van der Waals surface area contributed by atoms with Crippen molar-refractivity contribution in [2.45, 2.75) is 26.4 Å². The van der Waals surface area contributed by atoms with E-state index in [0.29, 0.717) is 0 Å². The molecule has 0 aliphatic heterocycles. The van der Waals surface area contributed by atoms with Gasteiger partial charge in [0.25, 0.3) is 0 Å². The van der Waals surface area contributed by atoms with Crippen molar-refractivity contribution >= 4 is 0 Å². The maximum absolute atomic E-state index is 4.48. The van der Waals surface area contributed by atoms with Crippen LogP contribution in [0, 0.1) is 6.92 Å². The minimum Gasteiger partial charge on any atom is -0.307 e. The summed E-state index contributed by atoms with van der Waals surface area (Å²) in [5.41, 5.74) is 3.36. The SMILES string of the molecule is CCn1nc(C)cc1C(NC)c1ccnn1C. The Hall–Kier alpha value is -1.62. The van der Waals surface area contributed by atoms with Crippen LogP contribution in [0.1, 0.15) is 30.0 Å². The monoisotopic (exact) mass is 233 g/mol. The lowest BCUT2D eigenvalue weighted by Crippen LogP contribution is -2.23. The summed E-state index contributed by atoms with van der Waals surface area (Å²) in [4.78, 5) is 0. The topological polar surface area (TPSA) is 47.7 Å². The van der Waals surface area contributed by atoms with Crippen LogP contribution in [-0.4, -0.2) is 26.6 Å². The normalized spacial score (nSPS) is 12.9. The number of hydrogen-bond donors (Lipinski definition) is 1. The van der Waals surface area contributed by atoms with Crippen LogP contribution in [0.15, 0.2) is 18.3 Å². The first-order valence-corrected chi connectivity index (χ1v) is 5.86. The Morgan fingerprint density at radius 3 is 2.71 bits per heavy atom. The highest BCUT2D eigenvalue weighted by Crippen LogP contribution is 2.21. The molecule has 0 amide bonds. The first-order valence-electron chi connectivity index (χ1n) is 5.86. The van der Waals surface area contributed by atoms with Crippen LogP contribution in [0.25, 0.3) is 0 Å². The third-order valence-corrected chi connectivity index (χ3v) is 2.97. The molecule has 0 radical (unpaired) electrons. The summed E-state index contributed by atoms with van der Waals surface area (Å²) in [7, 11) is 3.92. The summed E-state index contributed by atoms with van der Waals surface area (Å²) in [5, 5.41) is 12.0. The maximum Gasteiger partial charge on any atom is 0.0916 e. The molecule has 1 unspecified atom stereocenters. The maximum atomic E-state index is 4.48. The van der Waals surface area contributed by atoms with Crippen LogP contribution in [0.2, 0.25) is 0 Å². The van der Waals surface area contributed by atoms with Gasteiger partial charge in [-0.15, -0.1) is 0 Å². The van der Waals surface area contributed by atoms with Gasteiger partial charge in [-0.1, -0.05) is 0 Å². The van der Waals surface area contributed by atoms with Crippen LogP contribution >= 0.6 is 0 Å². The molecular formula is C12H19N5. The van der Waals surface area contributed by atoms with Crippen molar-refractivity contribution in [1.29, 1.82) is 0 Å². The van der Waals surface area contributed by atoms with E-state index in [1.807, 2.05) is 42.6 Å². The van der Waals surface area contributed by atoms with Gasteiger partial charge in [-0.3, -0.25) is 9.36 Å². The molecule has 0 saturated heterocycles. The summed E-state index contributed by atoms with van der Waals surface area (Å²) < 4.78 is 3.92. The fraction of sp³-hybridized carbons (Fsp3) is 0.500. The van der Waals surface area contributed by atoms with E-state index in [4.69, 9.17) is 0 Å². The lowest BCUT2D eigenvalue weighted by atomic mass is 10.1. The van der Waals surface area contributed by atoms with Gasteiger partial charge in [-0.05, 0) is 33.0 Å². The van der Waals surface area contributed by atoms with Crippen molar-refractivity contribution in [3.05, 3.63) is 35.4 Å². The Morgan fingerprint density at radius 1 is 1.41 bits per heavy atom. The van der Waals surface area contributed by atoms with Crippen molar-refractivity contribution in [3.63, 3.8) is 0 Å². The Labute approximate surface area is 101 Å². The Morgan fingerprint density at radius 2 is 2.18 bits per heavy atom. The molecule has 2 rings (SSSR count). The summed E-state index contributed by atoms with van der Waals surface area (Å²) >= 11 is 0. The number of aryl methyl sites for hydroxylation is 3. The summed E-state index contributed by atoms with van der Waals surface area (Å²) in [6.45, 7) is 5.00. The van der Waals surface area contributed by atoms with Gasteiger partial charge in [0, 0.05) is 19.8 Å². The lowest BCUT2D eigenvalue weighted by Gasteiger charge is -2.17. The largest absolute Gasteiger partial charge is 0.307 e. The molecule has 0 saturated carbocycles. The fourth-order valence-electron chi connectivity index (χ4n) is 2.17. The van der Waals surface area contributed by atoms with E-state index < -0.39 is 0 Å². The highest BCUT2D eigenvalue weighted by molar-refractivity contribution is 5.23. The smallest absolute Gasteiger partial charge is 0.0916 e. The van der Waals surface area contributed by atoms with Gasteiger partial charge in [0.2, 0.25) is 0 Å². The van der Waals surface area contributed by atoms with Gasteiger partial charge in [0.1, 0.15) is 0 Å². The first kappa shape index (κ1) is 11.9. The molecule has 0 fully saturated rings. The van der Waals surface area contributed by atoms with Gasteiger partial charge in [-0.2, -0.15) is 10.2 Å². The van der Waals surface area contributed by atoms with E-state index in [-0.39, 0.29) is 6.04 Å². The Bertz CT molecular complexity index is 497. The molecule has 1 N–H and O–H groups in total. The predicted octanol–water partition coefficient (Wildman–Crippen LogP) is 1.25. The van der Waals surface area contributed by atoms with E-state index in [1.54, 1.807) is 0 Å². The molecule has 1 atom stereocenters. The first-order chi connectivity index (χ1) is 8.17. The third-order valence-electron chi connectivity index (χ3n) is 2.97. The van der Waals surface area contributed by atoms with Gasteiger partial charge >= 0.3 is 0 Å². The average Bonchev–Trinajstić information content (AvgIpc) is 2.88. The Balaban J connectivity index is 2.45. The van der Waals surface area contributed by atoms with Crippen molar-refractivity contribution < 1.29 is 0 Å². The van der Waals surface area contributed by atoms with E-state index in [1.165, 1.54) is 5.69 Å². The number of nitrogens with one attached hydrogen (secondary N) is 1. The molecular weight excluding hydrogens is 214 g/mol. The minimum atomic E-state index is 0.128. The second-order valence-electron chi connectivity index (χ2n) is 4.13. The van der Waals surface area contributed by atoms with Gasteiger partial charge in [0.15, 0.2) is 0 Å². The molecule has 2 aromatic heterocycles. The summed E-state index contributed by atoms with van der Waals surface area (Å²) in [6, 6.07) is 4.28. The molecule has 2 heterocycles. The van der Waals surface area contributed by atoms with E-state index in [9.17, 15) is 0 Å². The van der Waals surface area contributed by atoms with Crippen LogP contribution in [-0.2, 0) is 13.6 Å². The van der Waals surface area contributed by atoms with Crippen molar-refractivity contribution in [2.24, 2.45) is 7.05 Å². The van der Waals surface area contributed by atoms with Crippen LogP contribution in [0.4, 0.5) is 0 Å². The van der Waals surface area contributed by atoms with Crippen molar-refractivity contribution in [2.75, 3.05) is 7.05 Å². The second kappa shape index (κ2) is 4.71. The van der Waals surface area contributed by atoms with Crippen LogP contribution in [0.3, 0.4) is 0 Å². The zero-order valence-corrected chi connectivity index (χ0v) is 10.8. The quantitative estimate of drug-likeness (QED) is 0.864.